The number of cyclic esters (lactones) is 1. The minimum atomic E-state index is -0.829. The van der Waals surface area contributed by atoms with Crippen LogP contribution in [0.4, 0.5) is 0 Å². The number of ether oxygens (including phenoxy) is 4. The number of rotatable bonds is 6. The van der Waals surface area contributed by atoms with E-state index in [2.05, 4.69) is 0 Å². The van der Waals surface area contributed by atoms with Crippen LogP contribution in [0.3, 0.4) is 0 Å². The number of fused-ring (bicyclic) bond motifs is 2. The van der Waals surface area contributed by atoms with Crippen LogP contribution in [0.25, 0.3) is 0 Å². The number of aromatic hydroxyl groups is 1. The van der Waals surface area contributed by atoms with Crippen molar-refractivity contribution < 1.29 is 34.0 Å². The van der Waals surface area contributed by atoms with Crippen LogP contribution in [0.2, 0.25) is 5.02 Å². The number of aliphatic hydroxyl groups excluding tert-OH is 1. The first-order valence-corrected chi connectivity index (χ1v) is 10.3. The minimum absolute atomic E-state index is 0.0397. The van der Waals surface area contributed by atoms with E-state index in [0.29, 0.717) is 33.7 Å². The van der Waals surface area contributed by atoms with Gasteiger partial charge in [0.25, 0.3) is 0 Å². The zero-order valence-electron chi connectivity index (χ0n) is 18.2. The maximum Gasteiger partial charge on any atom is 0.346 e. The first-order chi connectivity index (χ1) is 14.7. The number of benzene rings is 2. The molecule has 2 aromatic rings. The summed E-state index contributed by atoms with van der Waals surface area (Å²) >= 11 is 6.50. The van der Waals surface area contributed by atoms with Gasteiger partial charge in [-0.1, -0.05) is 25.4 Å². The zero-order chi connectivity index (χ0) is 22.9. The summed E-state index contributed by atoms with van der Waals surface area (Å²) < 4.78 is 22.2. The fourth-order valence-electron chi connectivity index (χ4n) is 3.71. The van der Waals surface area contributed by atoms with Crippen molar-refractivity contribution >= 4 is 17.6 Å². The van der Waals surface area contributed by atoms with Crippen LogP contribution in [0.5, 0.6) is 23.0 Å². The average molecular weight is 451 g/mol. The summed E-state index contributed by atoms with van der Waals surface area (Å²) in [5, 5.41) is 21.8. The Morgan fingerprint density at radius 1 is 1.26 bits per heavy atom. The summed E-state index contributed by atoms with van der Waals surface area (Å²) in [6.07, 6.45) is -0.339. The number of hydrogen-bond donors (Lipinski definition) is 2. The largest absolute Gasteiger partial charge is 0.504 e. The van der Waals surface area contributed by atoms with E-state index in [1.165, 1.54) is 14.2 Å². The number of phenols is 1. The molecule has 0 bridgehead atoms. The molecule has 8 heteroatoms. The SMILES string of the molecule is COCc1c(C)c(Cl)c2c(c1O)Oc1ccc([C@@H](O)CC(C)C)c(OC)c1C(=O)OC2. The van der Waals surface area contributed by atoms with E-state index in [1.807, 2.05) is 13.8 Å². The Kier molecular flexibility index (Phi) is 6.99. The Hall–Kier alpha value is -2.48. The van der Waals surface area contributed by atoms with Gasteiger partial charge in [0.05, 0.1) is 30.4 Å². The van der Waals surface area contributed by atoms with Gasteiger partial charge in [0, 0.05) is 18.2 Å². The molecule has 168 valence electrons. The number of phenolic OH excluding ortho intramolecular Hbond substituents is 1. The van der Waals surface area contributed by atoms with E-state index in [4.69, 9.17) is 30.5 Å². The average Bonchev–Trinajstić information content (AvgIpc) is 2.72. The van der Waals surface area contributed by atoms with Gasteiger partial charge >= 0.3 is 5.97 Å². The minimum Gasteiger partial charge on any atom is -0.504 e. The second-order valence-corrected chi connectivity index (χ2v) is 8.27. The van der Waals surface area contributed by atoms with Crippen molar-refractivity contribution in [3.05, 3.63) is 45.0 Å². The first-order valence-electron chi connectivity index (χ1n) is 9.96. The molecule has 31 heavy (non-hydrogen) atoms. The third-order valence-corrected chi connectivity index (χ3v) is 5.79. The normalized spacial score (nSPS) is 14.1. The molecule has 0 saturated heterocycles. The van der Waals surface area contributed by atoms with E-state index in [-0.39, 0.29) is 47.7 Å². The molecule has 0 spiro atoms. The smallest absolute Gasteiger partial charge is 0.346 e. The van der Waals surface area contributed by atoms with Crippen LogP contribution in [-0.4, -0.2) is 30.4 Å². The Morgan fingerprint density at radius 2 is 1.97 bits per heavy atom. The van der Waals surface area contributed by atoms with Crippen molar-refractivity contribution in [3.8, 4) is 23.0 Å². The van der Waals surface area contributed by atoms with E-state index >= 15 is 0 Å². The van der Waals surface area contributed by atoms with Crippen molar-refractivity contribution in [1.29, 1.82) is 0 Å². The molecule has 3 rings (SSSR count). The molecule has 2 N–H and O–H groups in total. The lowest BCUT2D eigenvalue weighted by atomic mass is 9.96. The van der Waals surface area contributed by atoms with Crippen molar-refractivity contribution in [2.75, 3.05) is 14.2 Å². The summed E-state index contributed by atoms with van der Waals surface area (Å²) in [4.78, 5) is 12.9. The fraction of sp³-hybridized carbons (Fsp3) is 0.435. The van der Waals surface area contributed by atoms with Crippen LogP contribution >= 0.6 is 11.6 Å². The van der Waals surface area contributed by atoms with Gasteiger partial charge in [-0.15, -0.1) is 0 Å². The monoisotopic (exact) mass is 450 g/mol. The van der Waals surface area contributed by atoms with Gasteiger partial charge in [-0.2, -0.15) is 0 Å². The lowest BCUT2D eigenvalue weighted by Crippen LogP contribution is -2.15. The van der Waals surface area contributed by atoms with Crippen LogP contribution in [0.15, 0.2) is 12.1 Å². The number of halogens is 1. The van der Waals surface area contributed by atoms with E-state index in [1.54, 1.807) is 19.1 Å². The number of carbonyl (C=O) groups excluding carboxylic acids is 1. The van der Waals surface area contributed by atoms with Crippen LogP contribution in [0.1, 0.15) is 59.0 Å². The highest BCUT2D eigenvalue weighted by Crippen LogP contribution is 2.48. The van der Waals surface area contributed by atoms with Gasteiger partial charge in [0.1, 0.15) is 23.7 Å². The molecule has 7 nitrogen and oxygen atoms in total. The van der Waals surface area contributed by atoms with Crippen LogP contribution in [0, 0.1) is 12.8 Å². The van der Waals surface area contributed by atoms with Gasteiger partial charge in [-0.3, -0.25) is 0 Å². The predicted molar refractivity (Wildman–Crippen MR) is 115 cm³/mol. The summed E-state index contributed by atoms with van der Waals surface area (Å²) in [6.45, 7) is 5.66. The number of aliphatic hydroxyl groups is 1. The molecule has 1 aliphatic rings. The number of methoxy groups -OCH3 is 2. The highest BCUT2D eigenvalue weighted by molar-refractivity contribution is 6.32. The van der Waals surface area contributed by atoms with Crippen LogP contribution < -0.4 is 9.47 Å². The van der Waals surface area contributed by atoms with Crippen molar-refractivity contribution in [2.45, 2.75) is 46.5 Å². The number of esters is 1. The Morgan fingerprint density at radius 3 is 2.58 bits per heavy atom. The van der Waals surface area contributed by atoms with Gasteiger partial charge in [0.15, 0.2) is 11.5 Å². The molecule has 1 heterocycles. The second-order valence-electron chi connectivity index (χ2n) is 7.89. The summed E-state index contributed by atoms with van der Waals surface area (Å²) in [6, 6.07) is 3.19. The molecule has 1 aliphatic heterocycles. The van der Waals surface area contributed by atoms with Crippen molar-refractivity contribution in [1.82, 2.24) is 0 Å². The summed E-state index contributed by atoms with van der Waals surface area (Å²) in [7, 11) is 2.92. The predicted octanol–water partition coefficient (Wildman–Crippen LogP) is 5.05. The molecule has 1 atom stereocenters. The molecule has 0 unspecified atom stereocenters. The molecule has 0 amide bonds. The highest BCUT2D eigenvalue weighted by Gasteiger charge is 2.32. The molecular formula is C23H27ClO7. The Bertz CT molecular complexity index is 1000. The molecule has 0 fully saturated rings. The van der Waals surface area contributed by atoms with Gasteiger partial charge in [-0.05, 0) is 37.0 Å². The molecule has 0 radical (unpaired) electrons. The summed E-state index contributed by atoms with van der Waals surface area (Å²) in [5.74, 6) is -0.182. The van der Waals surface area contributed by atoms with Crippen molar-refractivity contribution in [3.63, 3.8) is 0 Å². The van der Waals surface area contributed by atoms with Gasteiger partial charge < -0.3 is 29.2 Å². The lowest BCUT2D eigenvalue weighted by molar-refractivity contribution is 0.0453. The topological polar surface area (TPSA) is 94.5 Å². The van der Waals surface area contributed by atoms with E-state index < -0.39 is 12.1 Å². The van der Waals surface area contributed by atoms with Crippen LogP contribution in [-0.2, 0) is 22.7 Å². The Balaban J connectivity index is 2.19. The molecule has 0 saturated carbocycles. The number of carbonyl (C=O) groups is 1. The highest BCUT2D eigenvalue weighted by atomic mass is 35.5. The maximum atomic E-state index is 12.9. The molecule has 0 aromatic heterocycles. The standard InChI is InChI=1S/C23H27ClO7/c1-11(2)8-16(25)13-6-7-17-18(21(13)29-5)23(27)30-10-15-19(24)12(3)14(9-28-4)20(26)22(15)31-17/h6-7,11,16,25-26H,8-10H2,1-5H3/t16-/m0/s1. The quantitative estimate of drug-likeness (QED) is 0.594. The zero-order valence-corrected chi connectivity index (χ0v) is 19.0. The third kappa shape index (κ3) is 4.31. The fourth-order valence-corrected chi connectivity index (χ4v) is 3.96. The summed E-state index contributed by atoms with van der Waals surface area (Å²) in [5.41, 5.74) is 1.96. The lowest BCUT2D eigenvalue weighted by Gasteiger charge is -2.25. The number of hydrogen-bond acceptors (Lipinski definition) is 7. The van der Waals surface area contributed by atoms with Crippen molar-refractivity contribution in [2.24, 2.45) is 5.92 Å². The van der Waals surface area contributed by atoms with E-state index in [0.717, 1.165) is 0 Å². The second kappa shape index (κ2) is 9.34. The Labute approximate surface area is 186 Å². The van der Waals surface area contributed by atoms with E-state index in [9.17, 15) is 15.0 Å². The maximum absolute atomic E-state index is 12.9. The first kappa shape index (κ1) is 23.2. The van der Waals surface area contributed by atoms with Gasteiger partial charge in [-0.25, -0.2) is 4.79 Å². The molecular weight excluding hydrogens is 424 g/mol. The molecule has 0 aliphatic carbocycles. The van der Waals surface area contributed by atoms with Gasteiger partial charge in [0.2, 0.25) is 0 Å². The third-order valence-electron chi connectivity index (χ3n) is 5.28. The molecule has 2 aromatic carbocycles.